The molecule has 0 aliphatic carbocycles. The van der Waals surface area contributed by atoms with Crippen LogP contribution >= 0.6 is 0 Å². The Kier molecular flexibility index (Phi) is 5.52. The number of hydrogen-bond donors (Lipinski definition) is 0. The van der Waals surface area contributed by atoms with E-state index in [2.05, 4.69) is 29.2 Å². The van der Waals surface area contributed by atoms with Crippen molar-refractivity contribution in [2.24, 2.45) is 0 Å². The second kappa shape index (κ2) is 8.57. The fourth-order valence-corrected chi connectivity index (χ4v) is 2.97. The number of hydrogen-bond acceptors (Lipinski definition) is 6. The first-order valence-corrected chi connectivity index (χ1v) is 9.52. The van der Waals surface area contributed by atoms with E-state index in [1.165, 1.54) is 17.7 Å². The lowest BCUT2D eigenvalue weighted by atomic mass is 10.1. The first-order chi connectivity index (χ1) is 14.6. The minimum atomic E-state index is -0.447. The first-order valence-electron chi connectivity index (χ1n) is 9.52. The summed E-state index contributed by atoms with van der Waals surface area (Å²) in [5.41, 5.74) is 3.68. The van der Waals surface area contributed by atoms with Gasteiger partial charge < -0.3 is 9.26 Å². The second-order valence-corrected chi connectivity index (χ2v) is 6.71. The van der Waals surface area contributed by atoms with Gasteiger partial charge in [0.05, 0.1) is 4.92 Å². The van der Waals surface area contributed by atoms with Gasteiger partial charge in [-0.25, -0.2) is 0 Å². The normalized spacial score (nSPS) is 10.7. The summed E-state index contributed by atoms with van der Waals surface area (Å²) in [5.74, 6) is 1.56. The maximum Gasteiger partial charge on any atom is 0.269 e. The van der Waals surface area contributed by atoms with E-state index in [0.29, 0.717) is 23.9 Å². The molecule has 4 aromatic rings. The van der Waals surface area contributed by atoms with Gasteiger partial charge in [0.2, 0.25) is 5.82 Å². The maximum atomic E-state index is 10.8. The molecule has 0 fully saturated rings. The van der Waals surface area contributed by atoms with Crippen LogP contribution in [0.2, 0.25) is 0 Å². The molecule has 0 atom stereocenters. The Labute approximate surface area is 173 Å². The third-order valence-corrected chi connectivity index (χ3v) is 4.67. The number of non-ortho nitro benzene ring substituents is 1. The molecule has 0 aliphatic rings. The quantitative estimate of drug-likeness (QED) is 0.302. The van der Waals surface area contributed by atoms with Gasteiger partial charge in [0.25, 0.3) is 11.6 Å². The highest BCUT2D eigenvalue weighted by Crippen LogP contribution is 2.25. The monoisotopic (exact) mass is 401 g/mol. The predicted octanol–water partition coefficient (Wildman–Crippen LogP) is 5.45. The highest BCUT2D eigenvalue weighted by Gasteiger charge is 2.13. The highest BCUT2D eigenvalue weighted by atomic mass is 16.6. The van der Waals surface area contributed by atoms with Gasteiger partial charge >= 0.3 is 0 Å². The van der Waals surface area contributed by atoms with Gasteiger partial charge in [0, 0.05) is 23.3 Å². The van der Waals surface area contributed by atoms with Crippen molar-refractivity contribution in [3.8, 4) is 28.6 Å². The largest absolute Gasteiger partial charge is 0.489 e. The minimum absolute atomic E-state index is 0.0134. The van der Waals surface area contributed by atoms with Gasteiger partial charge in [0.15, 0.2) is 0 Å². The maximum absolute atomic E-state index is 10.8. The van der Waals surface area contributed by atoms with Crippen molar-refractivity contribution in [3.05, 3.63) is 94.0 Å². The van der Waals surface area contributed by atoms with Crippen LogP contribution < -0.4 is 4.74 Å². The third-order valence-electron chi connectivity index (χ3n) is 4.67. The molecule has 4 rings (SSSR count). The number of ether oxygens (including phenoxy) is 1. The summed E-state index contributed by atoms with van der Waals surface area (Å²) in [6, 6.07) is 21.8. The van der Waals surface area contributed by atoms with Gasteiger partial charge in [-0.2, -0.15) is 4.98 Å². The van der Waals surface area contributed by atoms with E-state index in [1.54, 1.807) is 12.1 Å². The molecule has 7 nitrogen and oxygen atoms in total. The van der Waals surface area contributed by atoms with Crippen LogP contribution in [0.3, 0.4) is 0 Å². The zero-order valence-corrected chi connectivity index (χ0v) is 16.3. The summed E-state index contributed by atoms with van der Waals surface area (Å²) >= 11 is 0. The first kappa shape index (κ1) is 19.3. The van der Waals surface area contributed by atoms with Crippen molar-refractivity contribution in [2.45, 2.75) is 20.0 Å². The van der Waals surface area contributed by atoms with E-state index in [0.717, 1.165) is 23.3 Å². The topological polar surface area (TPSA) is 91.3 Å². The number of nitro groups is 1. The van der Waals surface area contributed by atoms with Crippen molar-refractivity contribution in [2.75, 3.05) is 0 Å². The molecule has 30 heavy (non-hydrogen) atoms. The lowest BCUT2D eigenvalue weighted by Crippen LogP contribution is -1.96. The van der Waals surface area contributed by atoms with E-state index in [9.17, 15) is 10.1 Å². The van der Waals surface area contributed by atoms with Crippen LogP contribution in [0.1, 0.15) is 18.1 Å². The Balaban J connectivity index is 1.47. The molecule has 1 aromatic heterocycles. The Hall–Kier alpha value is -4.00. The standard InChI is InChI=1S/C23H19N3O4/c1-2-16-6-12-21(13-7-16)29-15-17-4-3-5-19(14-17)23-24-22(25-30-23)18-8-10-20(11-9-18)26(27)28/h3-14H,2,15H2,1H3. The van der Waals surface area contributed by atoms with Gasteiger partial charge in [-0.15, -0.1) is 0 Å². The van der Waals surface area contributed by atoms with Gasteiger partial charge in [-0.3, -0.25) is 10.1 Å². The summed E-state index contributed by atoms with van der Waals surface area (Å²) in [7, 11) is 0. The fraction of sp³-hybridized carbons (Fsp3) is 0.130. The van der Waals surface area contributed by atoms with Crippen LogP contribution in [-0.4, -0.2) is 15.1 Å². The molecule has 0 amide bonds. The number of rotatable bonds is 7. The number of aryl methyl sites for hydroxylation is 1. The molecule has 0 spiro atoms. The number of aromatic nitrogens is 2. The predicted molar refractivity (Wildman–Crippen MR) is 112 cm³/mol. The molecular weight excluding hydrogens is 382 g/mol. The molecule has 0 unspecified atom stereocenters. The van der Waals surface area contributed by atoms with Gasteiger partial charge in [-0.1, -0.05) is 36.3 Å². The molecule has 150 valence electrons. The van der Waals surface area contributed by atoms with Gasteiger partial charge in [-0.05, 0) is 53.9 Å². The Morgan fingerprint density at radius 1 is 0.967 bits per heavy atom. The van der Waals surface area contributed by atoms with Crippen LogP contribution in [0.15, 0.2) is 77.3 Å². The molecule has 0 saturated heterocycles. The summed E-state index contributed by atoms with van der Waals surface area (Å²) in [6.07, 6.45) is 0.994. The molecule has 0 N–H and O–H groups in total. The number of benzene rings is 3. The average molecular weight is 401 g/mol. The summed E-state index contributed by atoms with van der Waals surface area (Å²) < 4.78 is 11.3. The van der Waals surface area contributed by atoms with Crippen molar-refractivity contribution >= 4 is 5.69 Å². The van der Waals surface area contributed by atoms with Gasteiger partial charge in [0.1, 0.15) is 12.4 Å². The Morgan fingerprint density at radius 3 is 2.43 bits per heavy atom. The van der Waals surface area contributed by atoms with Crippen LogP contribution in [0.4, 0.5) is 5.69 Å². The van der Waals surface area contributed by atoms with E-state index in [1.807, 2.05) is 36.4 Å². The summed E-state index contributed by atoms with van der Waals surface area (Å²) in [5, 5.41) is 14.8. The van der Waals surface area contributed by atoms with E-state index in [-0.39, 0.29) is 5.69 Å². The second-order valence-electron chi connectivity index (χ2n) is 6.71. The van der Waals surface area contributed by atoms with E-state index >= 15 is 0 Å². The molecule has 0 radical (unpaired) electrons. The van der Waals surface area contributed by atoms with Crippen molar-refractivity contribution in [1.29, 1.82) is 0 Å². The smallest absolute Gasteiger partial charge is 0.269 e. The lowest BCUT2D eigenvalue weighted by Gasteiger charge is -2.07. The highest BCUT2D eigenvalue weighted by molar-refractivity contribution is 5.61. The average Bonchev–Trinajstić information content (AvgIpc) is 3.29. The summed E-state index contributed by atoms with van der Waals surface area (Å²) in [6.45, 7) is 2.54. The van der Waals surface area contributed by atoms with E-state index in [4.69, 9.17) is 9.26 Å². The molecule has 0 saturated carbocycles. The lowest BCUT2D eigenvalue weighted by molar-refractivity contribution is -0.384. The zero-order valence-electron chi connectivity index (χ0n) is 16.3. The van der Waals surface area contributed by atoms with Crippen LogP contribution in [-0.2, 0) is 13.0 Å². The molecular formula is C23H19N3O4. The molecule has 7 heteroatoms. The van der Waals surface area contributed by atoms with Crippen molar-refractivity contribution in [3.63, 3.8) is 0 Å². The van der Waals surface area contributed by atoms with Crippen molar-refractivity contribution < 1.29 is 14.2 Å². The Bertz CT molecular complexity index is 1150. The van der Waals surface area contributed by atoms with Crippen LogP contribution in [0.25, 0.3) is 22.8 Å². The Morgan fingerprint density at radius 2 is 1.73 bits per heavy atom. The SMILES string of the molecule is CCc1ccc(OCc2cccc(-c3nc(-c4ccc([N+](=O)[O-])cc4)no3)c2)cc1. The van der Waals surface area contributed by atoms with Crippen LogP contribution in [0.5, 0.6) is 5.75 Å². The zero-order chi connectivity index (χ0) is 20.9. The number of nitro benzene ring substituents is 1. The number of nitrogens with zero attached hydrogens (tertiary/aromatic N) is 3. The third kappa shape index (κ3) is 4.35. The summed E-state index contributed by atoms with van der Waals surface area (Å²) in [4.78, 5) is 14.8. The molecule has 3 aromatic carbocycles. The molecule has 1 heterocycles. The minimum Gasteiger partial charge on any atom is -0.489 e. The molecule has 0 aliphatic heterocycles. The molecule has 0 bridgehead atoms. The van der Waals surface area contributed by atoms with Crippen molar-refractivity contribution in [1.82, 2.24) is 10.1 Å². The van der Waals surface area contributed by atoms with Crippen LogP contribution in [0, 0.1) is 10.1 Å². The van der Waals surface area contributed by atoms with E-state index < -0.39 is 4.92 Å². The fourth-order valence-electron chi connectivity index (χ4n) is 2.97.